The summed E-state index contributed by atoms with van der Waals surface area (Å²) < 4.78 is 5.67. The lowest BCUT2D eigenvalue weighted by Gasteiger charge is -2.34. The van der Waals surface area contributed by atoms with Crippen molar-refractivity contribution in [3.63, 3.8) is 0 Å². The molecular formula is C54H105N3O4. The maximum atomic E-state index is 12.1. The Balaban J connectivity index is -0.000000381. The lowest BCUT2D eigenvalue weighted by atomic mass is 9.74. The Bertz CT molecular complexity index is 1220. The van der Waals surface area contributed by atoms with Crippen LogP contribution >= 0.6 is 0 Å². The quantitative estimate of drug-likeness (QED) is 0.101. The normalized spacial score (nSPS) is 17.9. The molecule has 3 N–H and O–H groups in total. The monoisotopic (exact) mass is 860 g/mol. The second kappa shape index (κ2) is 37.0. The van der Waals surface area contributed by atoms with Gasteiger partial charge in [0.05, 0.1) is 24.7 Å². The number of anilines is 1. The number of allylic oxidation sites excluding steroid dienone is 1. The van der Waals surface area contributed by atoms with Crippen molar-refractivity contribution in [2.45, 2.75) is 228 Å². The molecule has 6 atom stereocenters. The minimum atomic E-state index is -1.62. The van der Waals surface area contributed by atoms with Gasteiger partial charge in [0.2, 0.25) is 0 Å². The largest absolute Gasteiger partial charge is 0.376 e. The zero-order chi connectivity index (χ0) is 48.5. The van der Waals surface area contributed by atoms with Gasteiger partial charge in [0.15, 0.2) is 5.79 Å². The number of aliphatic hydroxyl groups is 2. The summed E-state index contributed by atoms with van der Waals surface area (Å²) in [5, 5.41) is 30.8. The number of nitrogens with one attached hydrogen (secondary N) is 1. The number of ether oxygens (including phenoxy) is 1. The maximum absolute atomic E-state index is 12.1. The Labute approximate surface area is 381 Å². The van der Waals surface area contributed by atoms with Crippen LogP contribution in [0.3, 0.4) is 0 Å². The molecule has 1 fully saturated rings. The molecule has 0 saturated carbocycles. The van der Waals surface area contributed by atoms with E-state index in [-0.39, 0.29) is 11.9 Å². The van der Waals surface area contributed by atoms with Crippen molar-refractivity contribution in [2.24, 2.45) is 46.8 Å². The molecule has 1 aliphatic rings. The summed E-state index contributed by atoms with van der Waals surface area (Å²) in [6.07, 6.45) is 11.4. The van der Waals surface area contributed by atoms with Crippen molar-refractivity contribution in [3.05, 3.63) is 42.0 Å². The highest BCUT2D eigenvalue weighted by atomic mass is 16.5. The first-order valence-corrected chi connectivity index (χ1v) is 24.5. The average Bonchev–Trinajstić information content (AvgIpc) is 3.16. The fourth-order valence-electron chi connectivity index (χ4n) is 7.44. The van der Waals surface area contributed by atoms with Crippen LogP contribution in [0.2, 0.25) is 0 Å². The minimum Gasteiger partial charge on any atom is -0.376 e. The summed E-state index contributed by atoms with van der Waals surface area (Å²) in [7, 11) is 0. The smallest absolute Gasteiger partial charge is 0.321 e. The zero-order valence-electron chi connectivity index (χ0n) is 44.3. The van der Waals surface area contributed by atoms with Crippen molar-refractivity contribution in [1.29, 1.82) is 5.26 Å². The molecule has 61 heavy (non-hydrogen) atoms. The number of hydrogen-bond acceptors (Lipinski definition) is 5. The highest BCUT2D eigenvalue weighted by Gasteiger charge is 2.28. The van der Waals surface area contributed by atoms with Crippen LogP contribution in [0.4, 0.5) is 10.5 Å². The van der Waals surface area contributed by atoms with Crippen LogP contribution in [0.1, 0.15) is 208 Å². The number of rotatable bonds is 18. The molecule has 0 bridgehead atoms. The molecule has 1 saturated heterocycles. The molecule has 0 aliphatic carbocycles. The molecule has 7 nitrogen and oxygen atoms in total. The molecule has 3 unspecified atom stereocenters. The lowest BCUT2D eigenvalue weighted by molar-refractivity contribution is -0.180. The summed E-state index contributed by atoms with van der Waals surface area (Å²) in [6.45, 7) is 50.2. The van der Waals surface area contributed by atoms with E-state index < -0.39 is 5.79 Å². The standard InChI is InChI=1S/C21H42O2.C15H21N3O.C10H20O.C4H10.2C2H6/c1-10-15(2)13-20(7,8)14-16(3)11-17(4)18(5)12-19(6)21(9,22)23;1-3-4-11-18(12-5-10-16)15(19)17-14-8-6-13(2)7-9-14;1-7(2)10-5-8(3)11-9(4)6-10;1-4(2)3;2*1-2/h15-17,19,22-23H,5,10-14H2,1-4,6-9H3;6-9H,3-5,11-12H2,1-2H3,(H,17,19);7-10H,5-6H2,1-4H3;4H,1-3H3;2*1-2H3/t15-,16-,17?,19-;;;;;/m0...../s1. The third-order valence-electron chi connectivity index (χ3n) is 11.0. The lowest BCUT2D eigenvalue weighted by Crippen LogP contribution is -2.36. The van der Waals surface area contributed by atoms with E-state index >= 15 is 0 Å². The topological polar surface area (TPSA) is 106 Å². The van der Waals surface area contributed by atoms with Crippen LogP contribution in [0.15, 0.2) is 36.4 Å². The fraction of sp³-hybridized carbons (Fsp3) is 0.815. The third kappa shape index (κ3) is 36.8. The number of amides is 2. The van der Waals surface area contributed by atoms with Crippen molar-refractivity contribution in [2.75, 3.05) is 18.4 Å². The number of unbranched alkanes of at least 4 members (excludes halogenated alkanes) is 1. The third-order valence-corrected chi connectivity index (χ3v) is 11.0. The van der Waals surface area contributed by atoms with Crippen LogP contribution in [0.25, 0.3) is 0 Å². The van der Waals surface area contributed by atoms with Gasteiger partial charge in [-0.05, 0) is 126 Å². The van der Waals surface area contributed by atoms with Crippen LogP contribution in [-0.4, -0.2) is 52.2 Å². The highest BCUT2D eigenvalue weighted by Crippen LogP contribution is 2.37. The van der Waals surface area contributed by atoms with Crippen LogP contribution in [0, 0.1) is 65.1 Å². The molecule has 2 amide bonds. The Morgan fingerprint density at radius 2 is 1.36 bits per heavy atom. The van der Waals surface area contributed by atoms with Crippen molar-refractivity contribution >= 4 is 11.7 Å². The predicted octanol–water partition coefficient (Wildman–Crippen LogP) is 15.9. The van der Waals surface area contributed by atoms with E-state index in [1.54, 1.807) is 4.90 Å². The van der Waals surface area contributed by atoms with E-state index in [1.807, 2.05) is 65.8 Å². The summed E-state index contributed by atoms with van der Waals surface area (Å²) in [4.78, 5) is 13.8. The van der Waals surface area contributed by atoms with Gasteiger partial charge in [0.25, 0.3) is 0 Å². The van der Waals surface area contributed by atoms with Gasteiger partial charge in [-0.15, -0.1) is 0 Å². The number of nitriles is 1. The van der Waals surface area contributed by atoms with Crippen LogP contribution in [0.5, 0.6) is 0 Å². The molecule has 1 aliphatic heterocycles. The van der Waals surface area contributed by atoms with Gasteiger partial charge in [-0.25, -0.2) is 4.79 Å². The number of benzene rings is 1. The first kappa shape index (κ1) is 65.2. The Morgan fingerprint density at radius 1 is 0.885 bits per heavy atom. The predicted molar refractivity (Wildman–Crippen MR) is 269 cm³/mol. The summed E-state index contributed by atoms with van der Waals surface area (Å²) >= 11 is 0. The van der Waals surface area contributed by atoms with Gasteiger partial charge in [0, 0.05) is 24.7 Å². The van der Waals surface area contributed by atoms with Gasteiger partial charge < -0.3 is 25.2 Å². The number of carbonyl (C=O) groups excluding carboxylic acids is 1. The van der Waals surface area contributed by atoms with Gasteiger partial charge in [-0.1, -0.05) is 160 Å². The number of nitrogens with zero attached hydrogens (tertiary/aromatic N) is 2. The molecule has 7 heteroatoms. The molecule has 1 aromatic carbocycles. The van der Waals surface area contributed by atoms with E-state index in [4.69, 9.17) is 10.00 Å². The summed E-state index contributed by atoms with van der Waals surface area (Å²) in [6, 6.07) is 9.64. The second-order valence-corrected chi connectivity index (χ2v) is 19.7. The van der Waals surface area contributed by atoms with E-state index in [9.17, 15) is 15.0 Å². The van der Waals surface area contributed by atoms with Gasteiger partial charge >= 0.3 is 6.03 Å². The molecule has 0 aromatic heterocycles. The number of urea groups is 1. The first-order valence-electron chi connectivity index (χ1n) is 24.5. The summed E-state index contributed by atoms with van der Waals surface area (Å²) in [5.41, 5.74) is 3.47. The first-order chi connectivity index (χ1) is 28.3. The molecule has 0 spiro atoms. The Morgan fingerprint density at radius 3 is 1.77 bits per heavy atom. The van der Waals surface area contributed by atoms with Crippen molar-refractivity contribution in [3.8, 4) is 6.07 Å². The van der Waals surface area contributed by atoms with Crippen molar-refractivity contribution in [1.82, 2.24) is 4.90 Å². The summed E-state index contributed by atoms with van der Waals surface area (Å²) in [5.74, 6) is 2.61. The fourth-order valence-corrected chi connectivity index (χ4v) is 7.44. The van der Waals surface area contributed by atoms with Crippen molar-refractivity contribution < 1.29 is 19.7 Å². The maximum Gasteiger partial charge on any atom is 0.321 e. The SMILES string of the molecule is C=C(C[C@H](C)C(C)(O)O)C(C)C[C@H](C)CC(C)(C)C[C@@H](C)CC.CC.CC.CC(C)C.CC1CC(C(C)C)CC(C)O1.CCCCN(CCC#N)C(=O)Nc1ccc(C)cc1. The average molecular weight is 860 g/mol. The van der Waals surface area contributed by atoms with Crippen LogP contribution in [-0.2, 0) is 4.74 Å². The Hall–Kier alpha value is -2.40. The molecule has 1 heterocycles. The molecule has 0 radical (unpaired) electrons. The number of aryl methyl sites for hydroxylation is 1. The Kier molecular flexibility index (Phi) is 39.6. The minimum absolute atomic E-state index is 0.132. The van der Waals surface area contributed by atoms with Gasteiger partial charge in [-0.2, -0.15) is 5.26 Å². The second-order valence-electron chi connectivity index (χ2n) is 19.7. The molecular weight excluding hydrogens is 755 g/mol. The van der Waals surface area contributed by atoms with E-state index in [0.29, 0.717) is 55.4 Å². The molecule has 360 valence electrons. The van der Waals surface area contributed by atoms with E-state index in [1.165, 1.54) is 39.0 Å². The van der Waals surface area contributed by atoms with E-state index in [2.05, 4.69) is 115 Å². The van der Waals surface area contributed by atoms with Gasteiger partial charge in [0.1, 0.15) is 0 Å². The van der Waals surface area contributed by atoms with Gasteiger partial charge in [-0.3, -0.25) is 0 Å². The van der Waals surface area contributed by atoms with E-state index in [0.717, 1.165) is 59.8 Å². The van der Waals surface area contributed by atoms with Crippen LogP contribution < -0.4 is 5.32 Å². The number of hydrogen-bond donors (Lipinski definition) is 3. The zero-order valence-corrected chi connectivity index (χ0v) is 44.3. The highest BCUT2D eigenvalue weighted by molar-refractivity contribution is 5.89. The number of carbonyl (C=O) groups is 1. The molecule has 2 rings (SSSR count). The molecule has 1 aromatic rings.